The third kappa shape index (κ3) is 4.27. The SMILES string of the molecule is Cl.N=C1NCc2cc(NC(=O)[C@H](O)[C@H]3OCCN(c4cc(F)c(F)c(F)c4)C3=O)ccc21. The highest BCUT2D eigenvalue weighted by atomic mass is 35.5. The third-order valence-corrected chi connectivity index (χ3v) is 5.06. The number of nitrogens with zero attached hydrogens (tertiary/aromatic N) is 1. The summed E-state index contributed by atoms with van der Waals surface area (Å²) in [5, 5.41) is 23.4. The number of amidine groups is 1. The van der Waals surface area contributed by atoms with Crippen LogP contribution in [0.5, 0.6) is 0 Å². The molecule has 2 atom stereocenters. The molecular formula is C20H18ClF3N4O4. The van der Waals surface area contributed by atoms with Gasteiger partial charge in [0.2, 0.25) is 0 Å². The number of aliphatic hydroxyl groups is 1. The second-order valence-corrected chi connectivity index (χ2v) is 7.04. The van der Waals surface area contributed by atoms with Crippen LogP contribution >= 0.6 is 12.4 Å². The average molecular weight is 471 g/mol. The molecular weight excluding hydrogens is 453 g/mol. The highest BCUT2D eigenvalue weighted by Crippen LogP contribution is 2.25. The van der Waals surface area contributed by atoms with Gasteiger partial charge in [0.15, 0.2) is 29.7 Å². The summed E-state index contributed by atoms with van der Waals surface area (Å²) in [6, 6.07) is 6.13. The first-order valence-corrected chi connectivity index (χ1v) is 9.28. The van der Waals surface area contributed by atoms with E-state index in [2.05, 4.69) is 10.6 Å². The first kappa shape index (κ1) is 23.5. The molecule has 1 saturated heterocycles. The van der Waals surface area contributed by atoms with Crippen molar-refractivity contribution < 1.29 is 32.6 Å². The summed E-state index contributed by atoms with van der Waals surface area (Å²) >= 11 is 0. The van der Waals surface area contributed by atoms with E-state index in [1.165, 1.54) is 0 Å². The summed E-state index contributed by atoms with van der Waals surface area (Å²) in [5.74, 6) is -6.15. The van der Waals surface area contributed by atoms with Crippen molar-refractivity contribution in [1.82, 2.24) is 5.32 Å². The molecule has 2 aromatic carbocycles. The van der Waals surface area contributed by atoms with E-state index in [9.17, 15) is 27.9 Å². The summed E-state index contributed by atoms with van der Waals surface area (Å²) in [6.07, 6.45) is -3.52. The Morgan fingerprint density at radius 3 is 2.62 bits per heavy atom. The molecule has 0 radical (unpaired) electrons. The fraction of sp³-hybridized carbons (Fsp3) is 0.250. The van der Waals surface area contributed by atoms with E-state index >= 15 is 0 Å². The normalized spacial score (nSPS) is 18.5. The molecule has 8 nitrogen and oxygen atoms in total. The molecule has 4 N–H and O–H groups in total. The number of hydrogen-bond acceptors (Lipinski definition) is 5. The lowest BCUT2D eigenvalue weighted by molar-refractivity contribution is -0.150. The monoisotopic (exact) mass is 470 g/mol. The van der Waals surface area contributed by atoms with Crippen molar-refractivity contribution in [1.29, 1.82) is 5.41 Å². The lowest BCUT2D eigenvalue weighted by Gasteiger charge is -2.34. The van der Waals surface area contributed by atoms with E-state index in [1.807, 2.05) is 0 Å². The molecule has 0 spiro atoms. The Morgan fingerprint density at radius 2 is 1.94 bits per heavy atom. The van der Waals surface area contributed by atoms with Gasteiger partial charge in [-0.05, 0) is 23.8 Å². The lowest BCUT2D eigenvalue weighted by atomic mass is 10.1. The van der Waals surface area contributed by atoms with Gasteiger partial charge in [-0.2, -0.15) is 0 Å². The van der Waals surface area contributed by atoms with E-state index in [-0.39, 0.29) is 37.1 Å². The summed E-state index contributed by atoms with van der Waals surface area (Å²) in [7, 11) is 0. The van der Waals surface area contributed by atoms with E-state index in [4.69, 9.17) is 10.1 Å². The van der Waals surface area contributed by atoms with Gasteiger partial charge in [0.05, 0.1) is 6.61 Å². The second kappa shape index (κ2) is 9.15. The number of anilines is 2. The van der Waals surface area contributed by atoms with Crippen LogP contribution < -0.4 is 15.5 Å². The molecule has 0 aromatic heterocycles. The van der Waals surface area contributed by atoms with E-state index in [0.717, 1.165) is 10.5 Å². The summed E-state index contributed by atoms with van der Waals surface area (Å²) in [6.45, 7) is 0.205. The standard InChI is InChI=1S/C20H17F3N4O4.ClH/c21-13-6-11(7-14(22)15(13)23)27-3-4-31-17(20(27)30)16(28)19(29)26-10-1-2-12-9(5-10)8-25-18(12)24;/h1-2,5-7,16-17,28H,3-4,8H2,(H2,24,25)(H,26,29);1H/t16-,17-;/m1./s1. The molecule has 0 bridgehead atoms. The quantitative estimate of drug-likeness (QED) is 0.508. The average Bonchev–Trinajstić information content (AvgIpc) is 3.11. The van der Waals surface area contributed by atoms with Crippen LogP contribution in [0, 0.1) is 22.9 Å². The smallest absolute Gasteiger partial charge is 0.259 e. The zero-order valence-corrected chi connectivity index (χ0v) is 17.1. The Bertz CT molecular complexity index is 1080. The molecule has 0 saturated carbocycles. The van der Waals surface area contributed by atoms with Crippen LogP contribution in [0.25, 0.3) is 0 Å². The van der Waals surface area contributed by atoms with Gasteiger partial charge >= 0.3 is 0 Å². The molecule has 4 rings (SSSR count). The topological polar surface area (TPSA) is 115 Å². The maximum absolute atomic E-state index is 13.6. The number of morpholine rings is 1. The van der Waals surface area contributed by atoms with Crippen molar-refractivity contribution in [2.24, 2.45) is 0 Å². The molecule has 0 unspecified atom stereocenters. The number of amides is 2. The van der Waals surface area contributed by atoms with Gasteiger partial charge in [0.1, 0.15) is 5.84 Å². The lowest BCUT2D eigenvalue weighted by Crippen LogP contribution is -2.55. The van der Waals surface area contributed by atoms with Crippen molar-refractivity contribution in [2.45, 2.75) is 18.8 Å². The van der Waals surface area contributed by atoms with Crippen LogP contribution in [0.1, 0.15) is 11.1 Å². The Balaban J connectivity index is 0.00000289. The van der Waals surface area contributed by atoms with Gasteiger partial charge in [-0.3, -0.25) is 15.0 Å². The number of nitrogens with one attached hydrogen (secondary N) is 3. The molecule has 1 fully saturated rings. The van der Waals surface area contributed by atoms with E-state index < -0.39 is 41.5 Å². The zero-order valence-electron chi connectivity index (χ0n) is 16.3. The first-order chi connectivity index (χ1) is 14.8. The summed E-state index contributed by atoms with van der Waals surface area (Å²) in [5.41, 5.74) is 1.57. The third-order valence-electron chi connectivity index (χ3n) is 5.06. The molecule has 170 valence electrons. The van der Waals surface area contributed by atoms with Crippen molar-refractivity contribution in [3.63, 3.8) is 0 Å². The highest BCUT2D eigenvalue weighted by molar-refractivity contribution is 6.04. The number of aliphatic hydroxyl groups excluding tert-OH is 1. The number of hydrogen-bond donors (Lipinski definition) is 4. The predicted octanol–water partition coefficient (Wildman–Crippen LogP) is 1.69. The number of rotatable bonds is 4. The van der Waals surface area contributed by atoms with E-state index in [0.29, 0.717) is 29.9 Å². The minimum Gasteiger partial charge on any atom is -0.380 e. The molecule has 2 heterocycles. The van der Waals surface area contributed by atoms with Gasteiger partial charge in [-0.25, -0.2) is 13.2 Å². The van der Waals surface area contributed by atoms with Crippen LogP contribution in [-0.2, 0) is 20.9 Å². The second-order valence-electron chi connectivity index (χ2n) is 7.04. The Morgan fingerprint density at radius 1 is 1.25 bits per heavy atom. The number of carbonyl (C=O) groups is 2. The van der Waals surface area contributed by atoms with Gasteiger partial charge < -0.3 is 25.4 Å². The maximum Gasteiger partial charge on any atom is 0.259 e. The van der Waals surface area contributed by atoms with Crippen LogP contribution in [0.3, 0.4) is 0 Å². The van der Waals surface area contributed by atoms with E-state index in [1.54, 1.807) is 18.2 Å². The van der Waals surface area contributed by atoms with Gasteiger partial charge in [0, 0.05) is 42.2 Å². The minimum atomic E-state index is -1.91. The fourth-order valence-corrected chi connectivity index (χ4v) is 3.48. The Labute approximate surface area is 186 Å². The Hall–Kier alpha value is -3.15. The summed E-state index contributed by atoms with van der Waals surface area (Å²) in [4.78, 5) is 26.1. The van der Waals surface area contributed by atoms with Crippen LogP contribution in [0.4, 0.5) is 24.5 Å². The van der Waals surface area contributed by atoms with Crippen molar-refractivity contribution in [3.8, 4) is 0 Å². The number of ether oxygens (including phenoxy) is 1. The number of halogens is 4. The maximum atomic E-state index is 13.6. The highest BCUT2D eigenvalue weighted by Gasteiger charge is 2.39. The fourth-order valence-electron chi connectivity index (χ4n) is 3.48. The molecule has 2 amide bonds. The number of fused-ring (bicyclic) bond motifs is 1. The molecule has 2 aliphatic heterocycles. The zero-order chi connectivity index (χ0) is 22.3. The van der Waals surface area contributed by atoms with Crippen LogP contribution in [-0.4, -0.2) is 48.1 Å². The summed E-state index contributed by atoms with van der Waals surface area (Å²) < 4.78 is 45.5. The van der Waals surface area contributed by atoms with Crippen molar-refractivity contribution >= 4 is 41.4 Å². The molecule has 2 aromatic rings. The Kier molecular flexibility index (Phi) is 6.72. The van der Waals surface area contributed by atoms with Crippen LogP contribution in [0.2, 0.25) is 0 Å². The van der Waals surface area contributed by atoms with Gasteiger partial charge in [-0.1, -0.05) is 0 Å². The van der Waals surface area contributed by atoms with Crippen LogP contribution in [0.15, 0.2) is 30.3 Å². The number of benzene rings is 2. The predicted molar refractivity (Wildman–Crippen MR) is 110 cm³/mol. The number of carbonyl (C=O) groups excluding carboxylic acids is 2. The molecule has 32 heavy (non-hydrogen) atoms. The first-order valence-electron chi connectivity index (χ1n) is 9.28. The van der Waals surface area contributed by atoms with Gasteiger partial charge in [0.25, 0.3) is 11.8 Å². The molecule has 2 aliphatic rings. The molecule has 12 heteroatoms. The molecule has 0 aliphatic carbocycles. The van der Waals surface area contributed by atoms with Crippen molar-refractivity contribution in [3.05, 3.63) is 58.9 Å². The van der Waals surface area contributed by atoms with Crippen molar-refractivity contribution in [2.75, 3.05) is 23.4 Å². The van der Waals surface area contributed by atoms with Gasteiger partial charge in [-0.15, -0.1) is 12.4 Å². The largest absolute Gasteiger partial charge is 0.380 e. The minimum absolute atomic E-state index is 0.